The van der Waals surface area contributed by atoms with Crippen LogP contribution >= 0.6 is 0 Å². The highest BCUT2D eigenvalue weighted by atomic mass is 19.3. The van der Waals surface area contributed by atoms with Crippen molar-refractivity contribution >= 4 is 11.5 Å². The zero-order chi connectivity index (χ0) is 15.2. The van der Waals surface area contributed by atoms with Gasteiger partial charge in [-0.15, -0.1) is 0 Å². The zero-order valence-corrected chi connectivity index (χ0v) is 11.9. The van der Waals surface area contributed by atoms with E-state index in [-0.39, 0.29) is 6.04 Å². The number of alkyl halides is 2. The minimum absolute atomic E-state index is 0.00865. The largest absolute Gasteiger partial charge is 0.381 e. The Labute approximate surface area is 118 Å². The van der Waals surface area contributed by atoms with E-state index in [1.165, 1.54) is 13.1 Å². The van der Waals surface area contributed by atoms with Crippen LogP contribution in [-0.4, -0.2) is 23.8 Å². The van der Waals surface area contributed by atoms with E-state index in [9.17, 15) is 13.6 Å². The summed E-state index contributed by atoms with van der Waals surface area (Å²) in [6.07, 6.45) is 3.29. The molecular weight excluding hydrogens is 262 g/mol. The number of carbonyl (C=O) groups is 1. The lowest BCUT2D eigenvalue weighted by Crippen LogP contribution is -2.40. The molecule has 0 spiro atoms. The van der Waals surface area contributed by atoms with Gasteiger partial charge in [-0.3, -0.25) is 4.79 Å². The lowest BCUT2D eigenvalue weighted by Gasteiger charge is -2.16. The molecule has 0 aliphatic heterocycles. The van der Waals surface area contributed by atoms with Gasteiger partial charge in [0, 0.05) is 18.7 Å². The van der Waals surface area contributed by atoms with Crippen LogP contribution in [0.1, 0.15) is 20.8 Å². The highest BCUT2D eigenvalue weighted by molar-refractivity contribution is 5.89. The lowest BCUT2D eigenvalue weighted by molar-refractivity contribution is -0.142. The molecule has 0 fully saturated rings. The fraction of sp³-hybridized carbons (Fsp3) is 0.400. The third-order valence-electron chi connectivity index (χ3n) is 2.73. The number of hydrogen-bond acceptors (Lipinski definition) is 3. The molecule has 0 aliphatic rings. The maximum absolute atomic E-state index is 12.8. The van der Waals surface area contributed by atoms with Crippen LogP contribution in [0, 0.1) is 0 Å². The Balaban J connectivity index is 2.43. The predicted molar refractivity (Wildman–Crippen MR) is 76.9 cm³/mol. The molecule has 0 aliphatic carbocycles. The standard InChI is InChI=1S/C15H20F2N2O/c1-11(19-13-7-5-4-6-8-13)9-10-18-12(2)14(20)15(3,16)17/h4-12,18-19H,1-3H3/b10-9-. The van der Waals surface area contributed by atoms with Gasteiger partial charge in [-0.2, -0.15) is 8.78 Å². The number of nitrogens with one attached hydrogen (secondary N) is 2. The molecule has 0 saturated heterocycles. The number of halogens is 2. The first-order valence-corrected chi connectivity index (χ1v) is 6.47. The number of rotatable bonds is 7. The Morgan fingerprint density at radius 2 is 1.85 bits per heavy atom. The van der Waals surface area contributed by atoms with Crippen molar-refractivity contribution in [3.05, 3.63) is 42.6 Å². The molecule has 0 bridgehead atoms. The Hall–Kier alpha value is -1.91. The zero-order valence-electron chi connectivity index (χ0n) is 11.9. The van der Waals surface area contributed by atoms with Gasteiger partial charge in [-0.25, -0.2) is 0 Å². The summed E-state index contributed by atoms with van der Waals surface area (Å²) in [6.45, 7) is 3.95. The highest BCUT2D eigenvalue weighted by Crippen LogP contribution is 2.15. The van der Waals surface area contributed by atoms with Gasteiger partial charge in [0.1, 0.15) is 0 Å². The molecule has 1 rings (SSSR count). The first-order valence-electron chi connectivity index (χ1n) is 6.47. The minimum atomic E-state index is -3.31. The maximum Gasteiger partial charge on any atom is 0.304 e. The van der Waals surface area contributed by atoms with Crippen LogP contribution in [0.2, 0.25) is 0 Å². The molecule has 1 aromatic carbocycles. The Bertz CT molecular complexity index is 455. The fourth-order valence-corrected chi connectivity index (χ4v) is 1.65. The number of ketones is 1. The molecule has 2 atom stereocenters. The summed E-state index contributed by atoms with van der Waals surface area (Å²) < 4.78 is 25.6. The number of para-hydroxylation sites is 1. The second kappa shape index (κ2) is 7.03. The van der Waals surface area contributed by atoms with Crippen LogP contribution < -0.4 is 10.6 Å². The van der Waals surface area contributed by atoms with Crippen molar-refractivity contribution in [2.75, 3.05) is 5.32 Å². The van der Waals surface area contributed by atoms with Gasteiger partial charge < -0.3 is 10.6 Å². The van der Waals surface area contributed by atoms with Crippen LogP contribution in [0.25, 0.3) is 0 Å². The summed E-state index contributed by atoms with van der Waals surface area (Å²) in [5, 5.41) is 5.87. The second-order valence-corrected chi connectivity index (χ2v) is 4.80. The van der Waals surface area contributed by atoms with E-state index in [1.54, 1.807) is 6.08 Å². The summed E-state index contributed by atoms with van der Waals surface area (Å²) in [7, 11) is 0. The quantitative estimate of drug-likeness (QED) is 0.807. The summed E-state index contributed by atoms with van der Waals surface area (Å²) in [5.74, 6) is -4.43. The predicted octanol–water partition coefficient (Wildman–Crippen LogP) is 3.20. The smallest absolute Gasteiger partial charge is 0.304 e. The molecule has 3 nitrogen and oxygen atoms in total. The minimum Gasteiger partial charge on any atom is -0.381 e. The Kier molecular flexibility index (Phi) is 5.67. The SMILES string of the molecule is CC(/C=C\NC(C)C(=O)C(C)(F)F)Nc1ccccc1. The number of hydrogen-bond donors (Lipinski definition) is 2. The van der Waals surface area contributed by atoms with Gasteiger partial charge in [0.15, 0.2) is 0 Å². The van der Waals surface area contributed by atoms with Crippen LogP contribution in [0.4, 0.5) is 14.5 Å². The molecular formula is C15H20F2N2O. The monoisotopic (exact) mass is 282 g/mol. The molecule has 20 heavy (non-hydrogen) atoms. The summed E-state index contributed by atoms with van der Waals surface area (Å²) >= 11 is 0. The average molecular weight is 282 g/mol. The van der Waals surface area contributed by atoms with E-state index in [2.05, 4.69) is 10.6 Å². The van der Waals surface area contributed by atoms with E-state index in [0.29, 0.717) is 6.92 Å². The molecule has 2 unspecified atom stereocenters. The van der Waals surface area contributed by atoms with Gasteiger partial charge in [0.25, 0.3) is 0 Å². The van der Waals surface area contributed by atoms with Crippen molar-refractivity contribution < 1.29 is 13.6 Å². The van der Waals surface area contributed by atoms with E-state index < -0.39 is 17.7 Å². The first kappa shape index (κ1) is 16.1. The van der Waals surface area contributed by atoms with Crippen molar-refractivity contribution in [2.24, 2.45) is 0 Å². The van der Waals surface area contributed by atoms with E-state index >= 15 is 0 Å². The first-order chi connectivity index (χ1) is 9.30. The van der Waals surface area contributed by atoms with E-state index in [1.807, 2.05) is 37.3 Å². The van der Waals surface area contributed by atoms with Crippen LogP contribution in [0.5, 0.6) is 0 Å². The third kappa shape index (κ3) is 5.38. The maximum atomic E-state index is 12.8. The third-order valence-corrected chi connectivity index (χ3v) is 2.73. The number of benzene rings is 1. The Morgan fingerprint density at radius 1 is 1.25 bits per heavy atom. The second-order valence-electron chi connectivity index (χ2n) is 4.80. The lowest BCUT2D eigenvalue weighted by atomic mass is 10.1. The van der Waals surface area contributed by atoms with Crippen LogP contribution in [0.3, 0.4) is 0 Å². The molecule has 110 valence electrons. The van der Waals surface area contributed by atoms with E-state index in [0.717, 1.165) is 5.69 Å². The number of carbonyl (C=O) groups excluding carboxylic acids is 1. The van der Waals surface area contributed by atoms with Crippen LogP contribution in [-0.2, 0) is 4.79 Å². The normalized spacial score (nSPS) is 14.8. The fourth-order valence-electron chi connectivity index (χ4n) is 1.65. The van der Waals surface area contributed by atoms with Gasteiger partial charge >= 0.3 is 5.92 Å². The van der Waals surface area contributed by atoms with Gasteiger partial charge in [0.05, 0.1) is 6.04 Å². The van der Waals surface area contributed by atoms with Crippen molar-refractivity contribution in [3.8, 4) is 0 Å². The van der Waals surface area contributed by atoms with Crippen molar-refractivity contribution in [2.45, 2.75) is 38.8 Å². The van der Waals surface area contributed by atoms with Crippen LogP contribution in [0.15, 0.2) is 42.6 Å². The van der Waals surface area contributed by atoms with Gasteiger partial charge in [0.2, 0.25) is 5.78 Å². The van der Waals surface area contributed by atoms with Gasteiger partial charge in [-0.1, -0.05) is 18.2 Å². The molecule has 1 aromatic rings. The molecule has 0 saturated carbocycles. The van der Waals surface area contributed by atoms with Crippen molar-refractivity contribution in [1.82, 2.24) is 5.32 Å². The molecule has 5 heteroatoms. The summed E-state index contributed by atoms with van der Waals surface area (Å²) in [5.41, 5.74) is 0.967. The number of anilines is 1. The average Bonchev–Trinajstić information content (AvgIpc) is 2.37. The molecule has 2 N–H and O–H groups in total. The van der Waals surface area contributed by atoms with Gasteiger partial charge in [-0.05, 0) is 38.3 Å². The Morgan fingerprint density at radius 3 is 2.40 bits per heavy atom. The molecule has 0 heterocycles. The van der Waals surface area contributed by atoms with Crippen molar-refractivity contribution in [3.63, 3.8) is 0 Å². The summed E-state index contributed by atoms with van der Waals surface area (Å²) in [6, 6.07) is 8.71. The van der Waals surface area contributed by atoms with Crippen molar-refractivity contribution in [1.29, 1.82) is 0 Å². The molecule has 0 radical (unpaired) electrons. The number of Topliss-reactive ketones (excluding diaryl/α,β-unsaturated/α-hetero) is 1. The molecule has 0 aromatic heterocycles. The summed E-state index contributed by atoms with van der Waals surface area (Å²) in [4.78, 5) is 11.3. The highest BCUT2D eigenvalue weighted by Gasteiger charge is 2.35. The molecule has 0 amide bonds. The van der Waals surface area contributed by atoms with E-state index in [4.69, 9.17) is 0 Å². The topological polar surface area (TPSA) is 41.1 Å².